The Balaban J connectivity index is 2.21. The summed E-state index contributed by atoms with van der Waals surface area (Å²) in [6.45, 7) is 0. The Kier molecular flexibility index (Phi) is 4.24. The van der Waals surface area contributed by atoms with Gasteiger partial charge in [0.05, 0.1) is 9.95 Å². The van der Waals surface area contributed by atoms with Crippen LogP contribution in [-0.2, 0) is 0 Å². The molecule has 8 heteroatoms. The number of nitro groups is 1. The van der Waals surface area contributed by atoms with Crippen molar-refractivity contribution in [2.24, 2.45) is 10.9 Å². The lowest BCUT2D eigenvalue weighted by molar-refractivity contribution is -0.384. The second-order valence-corrected chi connectivity index (χ2v) is 4.39. The minimum atomic E-state index is -0.497. The maximum Gasteiger partial charge on any atom is 0.269 e. The van der Waals surface area contributed by atoms with Gasteiger partial charge < -0.3 is 15.7 Å². The molecule has 0 fully saturated rings. The van der Waals surface area contributed by atoms with Crippen molar-refractivity contribution in [3.8, 4) is 11.5 Å². The lowest BCUT2D eigenvalue weighted by Crippen LogP contribution is -2.12. The number of nitrogens with two attached hydrogens (primary N) is 1. The van der Waals surface area contributed by atoms with Crippen LogP contribution in [0.25, 0.3) is 0 Å². The van der Waals surface area contributed by atoms with E-state index in [1.165, 1.54) is 30.3 Å². The highest BCUT2D eigenvalue weighted by atomic mass is 35.5. The summed E-state index contributed by atoms with van der Waals surface area (Å²) in [5.74, 6) is 0.679. The molecule has 0 aromatic heterocycles. The third kappa shape index (κ3) is 3.40. The van der Waals surface area contributed by atoms with Crippen molar-refractivity contribution >= 4 is 23.1 Å². The molecule has 2 aromatic carbocycles. The zero-order chi connectivity index (χ0) is 15.4. The van der Waals surface area contributed by atoms with Crippen LogP contribution in [0.15, 0.2) is 47.6 Å². The van der Waals surface area contributed by atoms with E-state index in [4.69, 9.17) is 27.3 Å². The van der Waals surface area contributed by atoms with E-state index in [1.54, 1.807) is 12.1 Å². The predicted molar refractivity (Wildman–Crippen MR) is 77.1 cm³/mol. The molecule has 0 aliphatic heterocycles. The van der Waals surface area contributed by atoms with E-state index in [2.05, 4.69) is 5.16 Å². The smallest absolute Gasteiger partial charge is 0.269 e. The highest BCUT2D eigenvalue weighted by Crippen LogP contribution is 2.30. The largest absolute Gasteiger partial charge is 0.456 e. The summed E-state index contributed by atoms with van der Waals surface area (Å²) in [5.41, 5.74) is 5.86. The SMILES string of the molecule is NC(=NO)c1ccc(Oc2ccc([N+](=O)[O-])cc2)c(Cl)c1. The van der Waals surface area contributed by atoms with Gasteiger partial charge in [-0.25, -0.2) is 0 Å². The van der Waals surface area contributed by atoms with Gasteiger partial charge in [0.25, 0.3) is 5.69 Å². The van der Waals surface area contributed by atoms with Crippen LogP contribution in [0.1, 0.15) is 5.56 Å². The molecular formula is C13H10ClN3O4. The summed E-state index contributed by atoms with van der Waals surface area (Å²) in [4.78, 5) is 10.1. The van der Waals surface area contributed by atoms with Crippen LogP contribution in [0.4, 0.5) is 5.69 Å². The molecule has 3 N–H and O–H groups in total. The number of oxime groups is 1. The van der Waals surface area contributed by atoms with Crippen molar-refractivity contribution in [1.29, 1.82) is 0 Å². The quantitative estimate of drug-likeness (QED) is 0.296. The average Bonchev–Trinajstić information content (AvgIpc) is 2.49. The van der Waals surface area contributed by atoms with Crippen LogP contribution in [0.2, 0.25) is 5.02 Å². The van der Waals surface area contributed by atoms with Crippen molar-refractivity contribution in [3.63, 3.8) is 0 Å². The molecule has 2 aromatic rings. The number of non-ortho nitro benzene ring substituents is 1. The molecule has 0 saturated carbocycles. The van der Waals surface area contributed by atoms with Crippen LogP contribution in [0, 0.1) is 10.1 Å². The van der Waals surface area contributed by atoms with Crippen LogP contribution in [-0.4, -0.2) is 16.0 Å². The van der Waals surface area contributed by atoms with E-state index in [0.717, 1.165) is 0 Å². The summed E-state index contributed by atoms with van der Waals surface area (Å²) in [6.07, 6.45) is 0. The molecule has 0 unspecified atom stereocenters. The van der Waals surface area contributed by atoms with Crippen molar-refractivity contribution in [2.75, 3.05) is 0 Å². The van der Waals surface area contributed by atoms with Gasteiger partial charge in [0.2, 0.25) is 0 Å². The van der Waals surface area contributed by atoms with Crippen LogP contribution >= 0.6 is 11.6 Å². The molecule has 2 rings (SSSR count). The van der Waals surface area contributed by atoms with Gasteiger partial charge in [-0.3, -0.25) is 10.1 Å². The van der Waals surface area contributed by atoms with Gasteiger partial charge in [0.15, 0.2) is 5.84 Å². The number of amidine groups is 1. The summed E-state index contributed by atoms with van der Waals surface area (Å²) in [6, 6.07) is 10.2. The normalized spacial score (nSPS) is 11.2. The second-order valence-electron chi connectivity index (χ2n) is 3.98. The molecule has 0 aliphatic rings. The van der Waals surface area contributed by atoms with Crippen LogP contribution < -0.4 is 10.5 Å². The third-order valence-electron chi connectivity index (χ3n) is 2.61. The van der Waals surface area contributed by atoms with Gasteiger partial charge in [-0.2, -0.15) is 0 Å². The Morgan fingerprint density at radius 2 is 1.95 bits per heavy atom. The topological polar surface area (TPSA) is 111 Å². The molecule has 0 heterocycles. The van der Waals surface area contributed by atoms with Gasteiger partial charge >= 0.3 is 0 Å². The second kappa shape index (κ2) is 6.10. The Morgan fingerprint density at radius 1 is 1.29 bits per heavy atom. The minimum Gasteiger partial charge on any atom is -0.456 e. The predicted octanol–water partition coefficient (Wildman–Crippen LogP) is 3.14. The summed E-state index contributed by atoms with van der Waals surface area (Å²) >= 11 is 6.04. The number of nitrogens with zero attached hydrogens (tertiary/aromatic N) is 2. The van der Waals surface area contributed by atoms with Crippen molar-refractivity contribution in [3.05, 3.63) is 63.2 Å². The lowest BCUT2D eigenvalue weighted by atomic mass is 10.2. The van der Waals surface area contributed by atoms with Gasteiger partial charge in [-0.1, -0.05) is 16.8 Å². The molecular weight excluding hydrogens is 298 g/mol. The fourth-order valence-electron chi connectivity index (χ4n) is 1.56. The number of rotatable bonds is 4. The zero-order valence-electron chi connectivity index (χ0n) is 10.6. The highest BCUT2D eigenvalue weighted by Gasteiger charge is 2.09. The van der Waals surface area contributed by atoms with Crippen molar-refractivity contribution in [2.45, 2.75) is 0 Å². The molecule has 0 bridgehead atoms. The summed E-state index contributed by atoms with van der Waals surface area (Å²) in [7, 11) is 0. The van der Waals surface area contributed by atoms with E-state index in [0.29, 0.717) is 17.1 Å². The number of hydrogen-bond donors (Lipinski definition) is 2. The Labute approximate surface area is 124 Å². The van der Waals surface area contributed by atoms with Gasteiger partial charge in [0.1, 0.15) is 11.5 Å². The monoisotopic (exact) mass is 307 g/mol. The molecule has 21 heavy (non-hydrogen) atoms. The number of halogens is 1. The maximum atomic E-state index is 10.6. The lowest BCUT2D eigenvalue weighted by Gasteiger charge is -2.08. The number of nitro benzene ring substituents is 1. The minimum absolute atomic E-state index is 0.0317. The van der Waals surface area contributed by atoms with E-state index < -0.39 is 4.92 Å². The molecule has 108 valence electrons. The zero-order valence-corrected chi connectivity index (χ0v) is 11.3. The molecule has 0 radical (unpaired) electrons. The van der Waals surface area contributed by atoms with Crippen LogP contribution in [0.3, 0.4) is 0 Å². The first kappa shape index (κ1) is 14.6. The number of hydrogen-bond acceptors (Lipinski definition) is 5. The first-order valence-corrected chi connectivity index (χ1v) is 6.09. The molecule has 0 spiro atoms. The van der Waals surface area contributed by atoms with E-state index in [9.17, 15) is 10.1 Å². The fourth-order valence-corrected chi connectivity index (χ4v) is 1.78. The average molecular weight is 308 g/mol. The Hall–Kier alpha value is -2.80. The molecule has 7 nitrogen and oxygen atoms in total. The molecule has 0 aliphatic carbocycles. The van der Waals surface area contributed by atoms with E-state index in [1.807, 2.05) is 0 Å². The first-order valence-electron chi connectivity index (χ1n) is 5.71. The third-order valence-corrected chi connectivity index (χ3v) is 2.91. The number of ether oxygens (including phenoxy) is 1. The fraction of sp³-hybridized carbons (Fsp3) is 0. The van der Waals surface area contributed by atoms with Gasteiger partial charge in [0, 0.05) is 17.7 Å². The van der Waals surface area contributed by atoms with Crippen molar-refractivity contribution in [1.82, 2.24) is 0 Å². The molecule has 0 atom stereocenters. The Bertz CT molecular complexity index is 701. The molecule has 0 saturated heterocycles. The standard InChI is InChI=1S/C13H10ClN3O4/c14-11-7-8(13(15)16-18)1-6-12(11)21-10-4-2-9(3-5-10)17(19)20/h1-7,18H,(H2,15,16). The molecule has 0 amide bonds. The summed E-state index contributed by atoms with van der Waals surface area (Å²) in [5, 5.41) is 22.3. The first-order chi connectivity index (χ1) is 10.0. The maximum absolute atomic E-state index is 10.6. The van der Waals surface area contributed by atoms with E-state index in [-0.39, 0.29) is 16.5 Å². The van der Waals surface area contributed by atoms with E-state index >= 15 is 0 Å². The highest BCUT2D eigenvalue weighted by molar-refractivity contribution is 6.32. The van der Waals surface area contributed by atoms with Crippen molar-refractivity contribution < 1.29 is 14.9 Å². The number of benzene rings is 2. The van der Waals surface area contributed by atoms with Gasteiger partial charge in [-0.05, 0) is 30.3 Å². The van der Waals surface area contributed by atoms with Gasteiger partial charge in [-0.15, -0.1) is 0 Å². The summed E-state index contributed by atoms with van der Waals surface area (Å²) < 4.78 is 5.51. The van der Waals surface area contributed by atoms with Crippen LogP contribution in [0.5, 0.6) is 11.5 Å². The Morgan fingerprint density at radius 3 is 2.48 bits per heavy atom.